The van der Waals surface area contributed by atoms with Crippen LogP contribution in [0, 0.1) is 6.92 Å². The number of rotatable bonds is 4. The van der Waals surface area contributed by atoms with E-state index >= 15 is 0 Å². The van der Waals surface area contributed by atoms with Crippen LogP contribution >= 0.6 is 0 Å². The third-order valence-corrected chi connectivity index (χ3v) is 5.40. The van der Waals surface area contributed by atoms with E-state index < -0.39 is 26.1 Å². The first kappa shape index (κ1) is 20.0. The molecule has 1 N–H and O–H groups in total. The molecule has 26 heavy (non-hydrogen) atoms. The molecule has 0 saturated carbocycles. The molecule has 0 atom stereocenters. The zero-order valence-electron chi connectivity index (χ0n) is 14.4. The van der Waals surface area contributed by atoms with Gasteiger partial charge in [0.25, 0.3) is 15.7 Å². The van der Waals surface area contributed by atoms with Gasteiger partial charge in [0, 0.05) is 11.3 Å². The van der Waals surface area contributed by atoms with E-state index in [-0.39, 0.29) is 11.5 Å². The molecule has 2 rings (SSSR count). The second-order valence-corrected chi connectivity index (χ2v) is 8.06. The van der Waals surface area contributed by atoms with Gasteiger partial charge in [-0.2, -0.15) is 13.2 Å². The highest BCUT2D eigenvalue weighted by atomic mass is 32.2. The van der Waals surface area contributed by atoms with E-state index in [4.69, 9.17) is 0 Å². The fourth-order valence-electron chi connectivity index (χ4n) is 2.45. The van der Waals surface area contributed by atoms with Crippen molar-refractivity contribution in [1.29, 1.82) is 0 Å². The highest BCUT2D eigenvalue weighted by molar-refractivity contribution is 7.92. The van der Waals surface area contributed by atoms with Crippen LogP contribution in [0.5, 0.6) is 0 Å². The van der Waals surface area contributed by atoms with Gasteiger partial charge < -0.3 is 5.32 Å². The molecule has 0 spiro atoms. The van der Waals surface area contributed by atoms with Gasteiger partial charge in [-0.05, 0) is 48.2 Å². The van der Waals surface area contributed by atoms with Crippen molar-refractivity contribution in [3.8, 4) is 0 Å². The van der Waals surface area contributed by atoms with Crippen LogP contribution in [0.4, 0.5) is 18.9 Å². The molecule has 2 aromatic carbocycles. The molecule has 0 heterocycles. The Morgan fingerprint density at radius 2 is 1.62 bits per heavy atom. The number of para-hydroxylation sites is 1. The first-order valence-electron chi connectivity index (χ1n) is 7.77. The molecule has 0 fully saturated rings. The van der Waals surface area contributed by atoms with Gasteiger partial charge in [0.05, 0.1) is 4.90 Å². The molecule has 0 aliphatic carbocycles. The molecule has 4 nitrogen and oxygen atoms in total. The summed E-state index contributed by atoms with van der Waals surface area (Å²) in [5.41, 5.74) is -2.91. The summed E-state index contributed by atoms with van der Waals surface area (Å²) in [4.78, 5) is 11.5. The molecule has 2 aromatic rings. The van der Waals surface area contributed by atoms with Crippen LogP contribution in [-0.2, 0) is 9.84 Å². The van der Waals surface area contributed by atoms with Crippen LogP contribution in [0.1, 0.15) is 41.3 Å². The van der Waals surface area contributed by atoms with Gasteiger partial charge in [0.2, 0.25) is 0 Å². The van der Waals surface area contributed by atoms with Gasteiger partial charge in [0.15, 0.2) is 0 Å². The summed E-state index contributed by atoms with van der Waals surface area (Å²) in [6, 6.07) is 9.25. The predicted molar refractivity (Wildman–Crippen MR) is 92.9 cm³/mol. The zero-order valence-corrected chi connectivity index (χ0v) is 15.2. The fraction of sp³-hybridized carbons (Fsp3) is 0.278. The summed E-state index contributed by atoms with van der Waals surface area (Å²) in [7, 11) is -5.43. The first-order valence-corrected chi connectivity index (χ1v) is 9.25. The van der Waals surface area contributed by atoms with E-state index in [2.05, 4.69) is 5.32 Å². The average molecular weight is 385 g/mol. The lowest BCUT2D eigenvalue weighted by atomic mass is 9.98. The predicted octanol–water partition coefficient (Wildman–Crippen LogP) is 4.66. The summed E-state index contributed by atoms with van der Waals surface area (Å²) < 4.78 is 60.4. The molecule has 0 unspecified atom stereocenters. The molecule has 0 radical (unpaired) electrons. The van der Waals surface area contributed by atoms with Gasteiger partial charge in [-0.25, -0.2) is 8.42 Å². The van der Waals surface area contributed by atoms with Crippen LogP contribution in [0.25, 0.3) is 0 Å². The largest absolute Gasteiger partial charge is 0.501 e. The topological polar surface area (TPSA) is 63.2 Å². The highest BCUT2D eigenvalue weighted by Gasteiger charge is 2.46. The second kappa shape index (κ2) is 7.11. The lowest BCUT2D eigenvalue weighted by Gasteiger charge is -2.16. The molecule has 0 aliphatic heterocycles. The minimum atomic E-state index is -5.43. The van der Waals surface area contributed by atoms with Gasteiger partial charge in [-0.15, -0.1) is 0 Å². The number of hydrogen-bond donors (Lipinski definition) is 1. The zero-order chi connectivity index (χ0) is 19.7. The molecule has 0 saturated heterocycles. The molecule has 0 bridgehead atoms. The molecular weight excluding hydrogens is 367 g/mol. The Morgan fingerprint density at radius 3 is 2.12 bits per heavy atom. The van der Waals surface area contributed by atoms with Crippen LogP contribution in [0.2, 0.25) is 0 Å². The Kier molecular flexibility index (Phi) is 5.46. The van der Waals surface area contributed by atoms with E-state index in [1.165, 1.54) is 0 Å². The van der Waals surface area contributed by atoms with Crippen molar-refractivity contribution >= 4 is 21.4 Å². The molecule has 0 aliphatic rings. The third-order valence-electron chi connectivity index (χ3n) is 3.90. The lowest BCUT2D eigenvalue weighted by Crippen LogP contribution is -2.23. The minimum Gasteiger partial charge on any atom is -0.321 e. The van der Waals surface area contributed by atoms with Crippen molar-refractivity contribution in [2.45, 2.75) is 37.1 Å². The number of carbonyl (C=O) groups excluding carboxylic acids is 1. The average Bonchev–Trinajstić information content (AvgIpc) is 2.55. The number of halogens is 3. The summed E-state index contributed by atoms with van der Waals surface area (Å²) in [5, 5.41) is 2.75. The van der Waals surface area contributed by atoms with Gasteiger partial charge >= 0.3 is 5.51 Å². The number of aryl methyl sites for hydroxylation is 1. The van der Waals surface area contributed by atoms with Gasteiger partial charge in [0.1, 0.15) is 0 Å². The number of hydrogen-bond acceptors (Lipinski definition) is 3. The SMILES string of the molecule is Cc1cccc(C(C)C)c1NC(=O)c1ccc(S(=O)(=O)C(F)(F)F)cc1. The Balaban J connectivity index is 2.31. The van der Waals surface area contributed by atoms with Gasteiger partial charge in [-0.1, -0.05) is 32.0 Å². The minimum absolute atomic E-state index is 0.0593. The molecular formula is C18H18F3NO3S. The maximum atomic E-state index is 12.6. The number of sulfone groups is 1. The molecule has 140 valence electrons. The van der Waals surface area contributed by atoms with Gasteiger partial charge in [-0.3, -0.25) is 4.79 Å². The molecule has 8 heteroatoms. The Morgan fingerprint density at radius 1 is 1.04 bits per heavy atom. The Labute approximate surface area is 150 Å². The molecule has 1 amide bonds. The lowest BCUT2D eigenvalue weighted by molar-refractivity contribution is -0.0436. The Hall–Kier alpha value is -2.35. The summed E-state index contributed by atoms with van der Waals surface area (Å²) in [5.74, 6) is -0.373. The number of alkyl halides is 3. The summed E-state index contributed by atoms with van der Waals surface area (Å²) >= 11 is 0. The van der Waals surface area contributed by atoms with E-state index in [0.29, 0.717) is 5.69 Å². The number of anilines is 1. The standard InChI is InChI=1S/C18H18F3NO3S/c1-11(2)15-6-4-5-12(3)16(15)22-17(23)13-7-9-14(10-8-13)26(24,25)18(19,20)21/h4-11H,1-3H3,(H,22,23). The second-order valence-electron chi connectivity index (χ2n) is 6.12. The van der Waals surface area contributed by atoms with Crippen LogP contribution in [0.15, 0.2) is 47.4 Å². The number of nitrogens with one attached hydrogen (secondary N) is 1. The van der Waals surface area contributed by atoms with E-state index in [1.54, 1.807) is 0 Å². The van der Waals surface area contributed by atoms with Crippen molar-refractivity contribution < 1.29 is 26.4 Å². The third kappa shape index (κ3) is 3.90. The van der Waals surface area contributed by atoms with E-state index in [0.717, 1.165) is 35.4 Å². The van der Waals surface area contributed by atoms with E-state index in [9.17, 15) is 26.4 Å². The maximum Gasteiger partial charge on any atom is 0.501 e. The quantitative estimate of drug-likeness (QED) is 0.832. The highest BCUT2D eigenvalue weighted by Crippen LogP contribution is 2.31. The first-order chi connectivity index (χ1) is 11.9. The van der Waals surface area contributed by atoms with Crippen molar-refractivity contribution in [2.75, 3.05) is 5.32 Å². The number of amides is 1. The number of carbonyl (C=O) groups is 1. The van der Waals surface area contributed by atoms with E-state index in [1.807, 2.05) is 39.0 Å². The van der Waals surface area contributed by atoms with Crippen molar-refractivity contribution in [1.82, 2.24) is 0 Å². The normalized spacial score (nSPS) is 12.3. The van der Waals surface area contributed by atoms with Crippen LogP contribution < -0.4 is 5.32 Å². The Bertz CT molecular complexity index is 918. The summed E-state index contributed by atoms with van der Waals surface area (Å²) in [6.07, 6.45) is 0. The number of benzene rings is 2. The maximum absolute atomic E-state index is 12.6. The van der Waals surface area contributed by atoms with Crippen LogP contribution in [0.3, 0.4) is 0 Å². The summed E-state index contributed by atoms with van der Waals surface area (Å²) in [6.45, 7) is 5.78. The monoisotopic (exact) mass is 385 g/mol. The van der Waals surface area contributed by atoms with Crippen molar-refractivity contribution in [3.63, 3.8) is 0 Å². The van der Waals surface area contributed by atoms with Crippen molar-refractivity contribution in [2.24, 2.45) is 0 Å². The van der Waals surface area contributed by atoms with Crippen LogP contribution in [-0.4, -0.2) is 19.8 Å². The smallest absolute Gasteiger partial charge is 0.321 e. The van der Waals surface area contributed by atoms with Crippen molar-refractivity contribution in [3.05, 3.63) is 59.2 Å². The fourth-order valence-corrected chi connectivity index (χ4v) is 3.21. The molecule has 0 aromatic heterocycles.